The molecular weight excluding hydrogens is 546 g/mol. The molecule has 1 saturated heterocycles. The Labute approximate surface area is 213 Å². The minimum atomic E-state index is -5.39. The molecule has 202 valence electrons. The fraction of sp³-hybridized carbons (Fsp3) is 0.348. The van der Waals surface area contributed by atoms with Gasteiger partial charge in [0.2, 0.25) is 15.9 Å². The summed E-state index contributed by atoms with van der Waals surface area (Å²) in [6, 6.07) is 7.05. The molecule has 0 unspecified atom stereocenters. The minimum absolute atomic E-state index is 0.0534. The van der Waals surface area contributed by atoms with Crippen LogP contribution in [0.15, 0.2) is 52.3 Å². The van der Waals surface area contributed by atoms with Gasteiger partial charge in [0, 0.05) is 34.6 Å². The zero-order valence-electron chi connectivity index (χ0n) is 19.3. The predicted molar refractivity (Wildman–Crippen MR) is 127 cm³/mol. The Morgan fingerprint density at radius 2 is 1.70 bits per heavy atom. The highest BCUT2D eigenvalue weighted by Gasteiger charge is 2.46. The summed E-state index contributed by atoms with van der Waals surface area (Å²) in [7, 11) is -3.68. The van der Waals surface area contributed by atoms with Crippen molar-refractivity contribution in [1.82, 2.24) is 4.90 Å². The summed E-state index contributed by atoms with van der Waals surface area (Å²) in [5.74, 6) is -0.893. The van der Waals surface area contributed by atoms with E-state index >= 15 is 0 Å². The third-order valence-corrected chi connectivity index (χ3v) is 7.57. The highest BCUT2D eigenvalue weighted by molar-refractivity contribution is 7.99. The number of nitrogens with one attached hydrogen (secondary N) is 1. The minimum Gasteiger partial charge on any atom is -0.378 e. The molecule has 3 rings (SSSR count). The third kappa shape index (κ3) is 7.65. The summed E-state index contributed by atoms with van der Waals surface area (Å²) in [6.07, 6.45) is -9.23. The van der Waals surface area contributed by atoms with Gasteiger partial charge in [0.05, 0.1) is 30.1 Å². The van der Waals surface area contributed by atoms with Crippen molar-refractivity contribution in [3.05, 3.63) is 59.2 Å². The number of anilines is 1. The molecule has 0 saturated carbocycles. The van der Waals surface area contributed by atoms with Crippen LogP contribution in [0.4, 0.5) is 32.0 Å². The highest BCUT2D eigenvalue weighted by atomic mass is 32.2. The van der Waals surface area contributed by atoms with Crippen molar-refractivity contribution in [2.24, 2.45) is 0 Å². The second-order valence-corrected chi connectivity index (χ2v) is 10.9. The summed E-state index contributed by atoms with van der Waals surface area (Å²) in [5.41, 5.74) is -4.57. The van der Waals surface area contributed by atoms with Crippen LogP contribution >= 0.6 is 11.8 Å². The van der Waals surface area contributed by atoms with E-state index in [1.807, 2.05) is 0 Å². The maximum Gasteiger partial charge on any atom is 0.418 e. The fourth-order valence-electron chi connectivity index (χ4n) is 3.46. The molecule has 0 atom stereocenters. The van der Waals surface area contributed by atoms with Gasteiger partial charge in [0.15, 0.2) is 0 Å². The first-order valence-electron chi connectivity index (χ1n) is 10.9. The number of carbonyl (C=O) groups excluding carboxylic acids is 1. The van der Waals surface area contributed by atoms with Gasteiger partial charge in [0.1, 0.15) is 0 Å². The lowest BCUT2D eigenvalue weighted by atomic mass is 9.99. The molecule has 1 amide bonds. The molecule has 6 nitrogen and oxygen atoms in total. The van der Waals surface area contributed by atoms with E-state index in [9.17, 15) is 39.6 Å². The molecule has 0 bridgehead atoms. The van der Waals surface area contributed by atoms with Crippen LogP contribution < -0.4 is 4.72 Å². The number of amides is 1. The molecule has 1 aliphatic rings. The van der Waals surface area contributed by atoms with Gasteiger partial charge in [-0.1, -0.05) is 23.9 Å². The molecule has 1 heterocycles. The van der Waals surface area contributed by atoms with Crippen molar-refractivity contribution in [2.45, 2.75) is 29.1 Å². The largest absolute Gasteiger partial charge is 0.418 e. The van der Waals surface area contributed by atoms with Gasteiger partial charge in [-0.2, -0.15) is 26.3 Å². The lowest BCUT2D eigenvalue weighted by Crippen LogP contribution is -2.39. The van der Waals surface area contributed by atoms with Gasteiger partial charge in [-0.15, -0.1) is 0 Å². The Balaban J connectivity index is 2.04. The first kappa shape index (κ1) is 28.9. The zero-order chi connectivity index (χ0) is 27.4. The summed E-state index contributed by atoms with van der Waals surface area (Å²) >= 11 is 0.407. The summed E-state index contributed by atoms with van der Waals surface area (Å²) in [6.45, 7) is 2.31. The van der Waals surface area contributed by atoms with Crippen LogP contribution in [-0.2, 0) is 31.9 Å². The van der Waals surface area contributed by atoms with Crippen molar-refractivity contribution in [1.29, 1.82) is 0 Å². The predicted octanol–water partition coefficient (Wildman–Crippen LogP) is 5.51. The topological polar surface area (TPSA) is 75.7 Å². The molecule has 2 aromatic carbocycles. The fourth-order valence-corrected chi connectivity index (χ4v) is 5.14. The molecule has 0 radical (unpaired) electrons. The SMILES string of the molecule is CCS(=O)(=O)Nc1cccc(Sc2ccc(C=CC(=O)N3CCOCC3)c(C(F)(F)F)c2C(F)(F)F)c1. The third-order valence-electron chi connectivity index (χ3n) is 5.21. The number of benzene rings is 2. The second-order valence-electron chi connectivity index (χ2n) is 7.80. The average Bonchev–Trinajstić information content (AvgIpc) is 2.82. The zero-order valence-corrected chi connectivity index (χ0v) is 21.0. The molecule has 1 N–H and O–H groups in total. The Kier molecular flexibility index (Phi) is 8.85. The summed E-state index contributed by atoms with van der Waals surface area (Å²) < 4.78 is 115. The van der Waals surface area contributed by atoms with E-state index in [4.69, 9.17) is 4.74 Å². The summed E-state index contributed by atoms with van der Waals surface area (Å²) in [5, 5.41) is 0. The number of hydrogen-bond donors (Lipinski definition) is 1. The van der Waals surface area contributed by atoms with E-state index in [2.05, 4.69) is 4.72 Å². The van der Waals surface area contributed by atoms with Crippen LogP contribution in [0.5, 0.6) is 0 Å². The van der Waals surface area contributed by atoms with Crippen molar-refractivity contribution in [3.8, 4) is 0 Å². The Morgan fingerprint density at radius 3 is 2.30 bits per heavy atom. The van der Waals surface area contributed by atoms with Gasteiger partial charge < -0.3 is 9.64 Å². The average molecular weight is 569 g/mol. The first-order valence-corrected chi connectivity index (χ1v) is 13.3. The van der Waals surface area contributed by atoms with Crippen LogP contribution in [0.2, 0.25) is 0 Å². The van der Waals surface area contributed by atoms with Gasteiger partial charge in [-0.05, 0) is 42.8 Å². The number of halogens is 6. The Bertz CT molecular complexity index is 1270. The van der Waals surface area contributed by atoms with Gasteiger partial charge in [0.25, 0.3) is 0 Å². The standard InChI is InChI=1S/C23H22F6N2O4S2/c1-2-37(33,34)30-16-4-3-5-17(14-16)36-18-8-6-15(7-9-19(32)31-10-12-35-13-11-31)20(22(24,25)26)21(18)23(27,28)29/h3-9,14,30H,2,10-13H2,1H3. The Morgan fingerprint density at radius 1 is 1.05 bits per heavy atom. The van der Waals surface area contributed by atoms with Crippen LogP contribution in [0, 0.1) is 0 Å². The molecular formula is C23H22F6N2O4S2. The van der Waals surface area contributed by atoms with Crippen molar-refractivity contribution >= 4 is 39.5 Å². The smallest absolute Gasteiger partial charge is 0.378 e. The van der Waals surface area contributed by atoms with E-state index in [-0.39, 0.29) is 42.6 Å². The maximum atomic E-state index is 14.0. The quantitative estimate of drug-likeness (QED) is 0.352. The lowest BCUT2D eigenvalue weighted by Gasteiger charge is -2.25. The number of carbonyl (C=O) groups is 1. The van der Waals surface area contributed by atoms with Gasteiger partial charge in [-0.3, -0.25) is 9.52 Å². The number of nitrogens with zero attached hydrogens (tertiary/aromatic N) is 1. The van der Waals surface area contributed by atoms with Gasteiger partial charge >= 0.3 is 12.4 Å². The van der Waals surface area contributed by atoms with E-state index in [0.29, 0.717) is 11.8 Å². The molecule has 1 fully saturated rings. The molecule has 37 heavy (non-hydrogen) atoms. The highest BCUT2D eigenvalue weighted by Crippen LogP contribution is 2.48. The van der Waals surface area contributed by atoms with Crippen LogP contribution in [0.1, 0.15) is 23.6 Å². The van der Waals surface area contributed by atoms with Crippen LogP contribution in [0.3, 0.4) is 0 Å². The normalized spacial score (nSPS) is 15.3. The van der Waals surface area contributed by atoms with E-state index in [0.717, 1.165) is 24.3 Å². The number of sulfonamides is 1. The number of alkyl halides is 6. The number of hydrogen-bond acceptors (Lipinski definition) is 5. The number of morpholine rings is 1. The summed E-state index contributed by atoms with van der Waals surface area (Å²) in [4.78, 5) is 13.0. The molecule has 1 aliphatic heterocycles. The molecule has 2 aromatic rings. The maximum absolute atomic E-state index is 14.0. The molecule has 0 spiro atoms. The molecule has 14 heteroatoms. The van der Waals surface area contributed by atoms with E-state index in [1.165, 1.54) is 36.1 Å². The lowest BCUT2D eigenvalue weighted by molar-refractivity contribution is -0.163. The second kappa shape index (κ2) is 11.4. The first-order chi connectivity index (χ1) is 17.2. The Hall–Kier alpha value is -2.71. The van der Waals surface area contributed by atoms with Crippen molar-refractivity contribution in [3.63, 3.8) is 0 Å². The van der Waals surface area contributed by atoms with Crippen LogP contribution in [-0.4, -0.2) is 51.3 Å². The van der Waals surface area contributed by atoms with Crippen LogP contribution in [0.25, 0.3) is 6.08 Å². The number of ether oxygens (including phenoxy) is 1. The van der Waals surface area contributed by atoms with E-state index in [1.54, 1.807) is 0 Å². The molecule has 0 aliphatic carbocycles. The van der Waals surface area contributed by atoms with E-state index < -0.39 is 49.9 Å². The van der Waals surface area contributed by atoms with Crippen molar-refractivity contribution in [2.75, 3.05) is 36.8 Å². The molecule has 0 aromatic heterocycles. The van der Waals surface area contributed by atoms with Gasteiger partial charge in [-0.25, -0.2) is 8.42 Å². The monoisotopic (exact) mass is 568 g/mol. The number of rotatable bonds is 7. The van der Waals surface area contributed by atoms with Crippen molar-refractivity contribution < 1.29 is 44.3 Å².